The number of rotatable bonds is 4. The normalized spacial score (nSPS) is 19.9. The van der Waals surface area contributed by atoms with Gasteiger partial charge in [-0.05, 0) is 31.8 Å². The molecule has 1 saturated heterocycles. The Morgan fingerprint density at radius 3 is 2.65 bits per heavy atom. The second-order valence-electron chi connectivity index (χ2n) is 5.21. The Morgan fingerprint density at radius 2 is 2.10 bits per heavy atom. The third-order valence-corrected chi connectivity index (χ3v) is 5.08. The molecule has 7 heteroatoms. The fourth-order valence-corrected chi connectivity index (χ4v) is 3.33. The van der Waals surface area contributed by atoms with Gasteiger partial charge in [-0.15, -0.1) is 0 Å². The summed E-state index contributed by atoms with van der Waals surface area (Å²) in [5.74, 6) is -0.207. The molecule has 0 radical (unpaired) electrons. The third kappa shape index (κ3) is 3.50. The molecule has 110 valence electrons. The minimum Gasteiger partial charge on any atom is -0.311 e. The summed E-state index contributed by atoms with van der Waals surface area (Å²) < 4.78 is 22.7. The van der Waals surface area contributed by atoms with Crippen molar-refractivity contribution in [3.63, 3.8) is 0 Å². The summed E-state index contributed by atoms with van der Waals surface area (Å²) in [7, 11) is 5.56. The molecule has 1 amide bonds. The summed E-state index contributed by atoms with van der Waals surface area (Å²) in [5.41, 5.74) is 1.79. The van der Waals surface area contributed by atoms with Crippen LogP contribution in [0.3, 0.4) is 0 Å². The van der Waals surface area contributed by atoms with Crippen molar-refractivity contribution in [1.29, 1.82) is 0 Å². The molecule has 0 N–H and O–H groups in total. The standard InChI is InChI=1S/C13H17ClN2O3S/c1-15(2)8-10-4-3-5-11(6-10)16-9-12(7-13(16)17)20(14,18)19/h3-6,12H,7-9H2,1-2H3. The molecule has 5 nitrogen and oxygen atoms in total. The number of hydrogen-bond acceptors (Lipinski definition) is 4. The Bertz CT molecular complexity index is 616. The molecule has 1 aliphatic rings. The maximum absolute atomic E-state index is 12.0. The van der Waals surface area contributed by atoms with E-state index >= 15 is 0 Å². The van der Waals surface area contributed by atoms with Crippen molar-refractivity contribution < 1.29 is 13.2 Å². The van der Waals surface area contributed by atoms with E-state index in [9.17, 15) is 13.2 Å². The monoisotopic (exact) mass is 316 g/mol. The highest BCUT2D eigenvalue weighted by Crippen LogP contribution is 2.27. The summed E-state index contributed by atoms with van der Waals surface area (Å²) >= 11 is 0. The van der Waals surface area contributed by atoms with Gasteiger partial charge >= 0.3 is 0 Å². The number of carbonyl (C=O) groups excluding carboxylic acids is 1. The lowest BCUT2D eigenvalue weighted by Gasteiger charge is -2.18. The fraction of sp³-hybridized carbons (Fsp3) is 0.462. The maximum atomic E-state index is 12.0. The summed E-state index contributed by atoms with van der Waals surface area (Å²) in [6, 6.07) is 7.55. The highest BCUT2D eigenvalue weighted by Gasteiger charge is 2.37. The molecule has 1 heterocycles. The zero-order chi connectivity index (χ0) is 14.9. The first-order chi connectivity index (χ1) is 9.27. The molecule has 1 aliphatic heterocycles. The molecule has 2 rings (SSSR count). The first-order valence-electron chi connectivity index (χ1n) is 6.25. The van der Waals surface area contributed by atoms with Crippen LogP contribution >= 0.6 is 10.7 Å². The van der Waals surface area contributed by atoms with E-state index in [0.717, 1.165) is 17.8 Å². The van der Waals surface area contributed by atoms with Crippen molar-refractivity contribution in [1.82, 2.24) is 4.90 Å². The Balaban J connectivity index is 2.22. The van der Waals surface area contributed by atoms with Crippen molar-refractivity contribution in [3.8, 4) is 0 Å². The molecule has 0 aromatic heterocycles. The van der Waals surface area contributed by atoms with Gasteiger partial charge in [-0.1, -0.05) is 12.1 Å². The lowest BCUT2D eigenvalue weighted by atomic mass is 10.2. The molecule has 1 atom stereocenters. The van der Waals surface area contributed by atoms with Gasteiger partial charge in [0.15, 0.2) is 0 Å². The quantitative estimate of drug-likeness (QED) is 0.788. The van der Waals surface area contributed by atoms with Crippen LogP contribution in [0.15, 0.2) is 24.3 Å². The van der Waals surface area contributed by atoms with E-state index in [1.807, 2.05) is 37.2 Å². The van der Waals surface area contributed by atoms with Gasteiger partial charge in [0, 0.05) is 35.9 Å². The van der Waals surface area contributed by atoms with Gasteiger partial charge in [0.25, 0.3) is 0 Å². The number of anilines is 1. The van der Waals surface area contributed by atoms with E-state index in [1.165, 1.54) is 4.90 Å². The average Bonchev–Trinajstić information content (AvgIpc) is 2.70. The predicted molar refractivity (Wildman–Crippen MR) is 79.4 cm³/mol. The van der Waals surface area contributed by atoms with Crippen molar-refractivity contribution in [3.05, 3.63) is 29.8 Å². The molecule has 0 saturated carbocycles. The highest BCUT2D eigenvalue weighted by atomic mass is 35.7. The van der Waals surface area contributed by atoms with Crippen molar-refractivity contribution in [2.24, 2.45) is 0 Å². The topological polar surface area (TPSA) is 57.7 Å². The molecule has 20 heavy (non-hydrogen) atoms. The Morgan fingerprint density at radius 1 is 1.40 bits per heavy atom. The number of nitrogens with zero attached hydrogens (tertiary/aromatic N) is 2. The van der Waals surface area contributed by atoms with E-state index in [4.69, 9.17) is 10.7 Å². The van der Waals surface area contributed by atoms with Crippen molar-refractivity contribution >= 4 is 31.3 Å². The Kier molecular flexibility index (Phi) is 4.36. The van der Waals surface area contributed by atoms with Crippen molar-refractivity contribution in [2.75, 3.05) is 25.5 Å². The first-order valence-corrected chi connectivity index (χ1v) is 8.62. The zero-order valence-corrected chi connectivity index (χ0v) is 13.0. The van der Waals surface area contributed by atoms with Crippen LogP contribution in [0, 0.1) is 0 Å². The van der Waals surface area contributed by atoms with Gasteiger partial charge in [0.05, 0.1) is 0 Å². The molecular formula is C13H17ClN2O3S. The maximum Gasteiger partial charge on any atom is 0.237 e. The average molecular weight is 317 g/mol. The van der Waals surface area contributed by atoms with Gasteiger partial charge < -0.3 is 9.80 Å². The lowest BCUT2D eigenvalue weighted by molar-refractivity contribution is -0.117. The van der Waals surface area contributed by atoms with Crippen molar-refractivity contribution in [2.45, 2.75) is 18.2 Å². The van der Waals surface area contributed by atoms with Gasteiger partial charge in [-0.2, -0.15) is 0 Å². The number of carbonyl (C=O) groups is 1. The smallest absolute Gasteiger partial charge is 0.237 e. The molecule has 0 bridgehead atoms. The van der Waals surface area contributed by atoms with Gasteiger partial charge in [0.2, 0.25) is 15.0 Å². The van der Waals surface area contributed by atoms with Crippen LogP contribution in [-0.4, -0.2) is 45.1 Å². The molecule has 1 aromatic rings. The highest BCUT2D eigenvalue weighted by molar-refractivity contribution is 8.14. The predicted octanol–water partition coefficient (Wildman–Crippen LogP) is 1.42. The molecule has 0 spiro atoms. The van der Waals surface area contributed by atoms with E-state index in [1.54, 1.807) is 6.07 Å². The third-order valence-electron chi connectivity index (χ3n) is 3.21. The number of amides is 1. The summed E-state index contributed by atoms with van der Waals surface area (Å²) in [5, 5.41) is -0.825. The van der Waals surface area contributed by atoms with Crippen LogP contribution in [0.25, 0.3) is 0 Å². The summed E-state index contributed by atoms with van der Waals surface area (Å²) in [6.45, 7) is 0.878. The number of benzene rings is 1. The lowest BCUT2D eigenvalue weighted by Crippen LogP contribution is -2.26. The summed E-state index contributed by atoms with van der Waals surface area (Å²) in [4.78, 5) is 15.5. The first kappa shape index (κ1) is 15.3. The zero-order valence-electron chi connectivity index (χ0n) is 11.4. The summed E-state index contributed by atoms with van der Waals surface area (Å²) in [6.07, 6.45) is -0.0518. The SMILES string of the molecule is CN(C)Cc1cccc(N2CC(S(=O)(=O)Cl)CC2=O)c1. The molecule has 1 aromatic carbocycles. The Labute approximate surface area is 123 Å². The Hall–Kier alpha value is -1.11. The number of hydrogen-bond donors (Lipinski definition) is 0. The second kappa shape index (κ2) is 5.71. The molecular weight excluding hydrogens is 300 g/mol. The van der Waals surface area contributed by atoms with Gasteiger partial charge in [0.1, 0.15) is 5.25 Å². The van der Waals surface area contributed by atoms with Crippen LogP contribution < -0.4 is 4.90 Å². The second-order valence-corrected chi connectivity index (χ2v) is 8.12. The molecule has 1 fully saturated rings. The number of halogens is 1. The van der Waals surface area contributed by atoms with Gasteiger partial charge in [-0.3, -0.25) is 4.79 Å². The van der Waals surface area contributed by atoms with E-state index in [-0.39, 0.29) is 18.9 Å². The minimum absolute atomic E-state index is 0.0518. The minimum atomic E-state index is -3.70. The fourth-order valence-electron chi connectivity index (χ4n) is 2.30. The molecule has 0 aliphatic carbocycles. The van der Waals surface area contributed by atoms with Crippen LogP contribution in [0.1, 0.15) is 12.0 Å². The van der Waals surface area contributed by atoms with Crippen LogP contribution in [0.4, 0.5) is 5.69 Å². The van der Waals surface area contributed by atoms with Crippen LogP contribution in [0.5, 0.6) is 0 Å². The van der Waals surface area contributed by atoms with E-state index in [2.05, 4.69) is 0 Å². The largest absolute Gasteiger partial charge is 0.311 e. The van der Waals surface area contributed by atoms with E-state index in [0.29, 0.717) is 0 Å². The van der Waals surface area contributed by atoms with Crippen LogP contribution in [-0.2, 0) is 20.4 Å². The molecule has 1 unspecified atom stereocenters. The van der Waals surface area contributed by atoms with Crippen LogP contribution in [0.2, 0.25) is 0 Å². The van der Waals surface area contributed by atoms with Gasteiger partial charge in [-0.25, -0.2) is 8.42 Å². The van der Waals surface area contributed by atoms with E-state index < -0.39 is 14.3 Å².